The third-order valence-corrected chi connectivity index (χ3v) is 7.33. The number of amides is 2. The number of aliphatic hydroxyl groups is 1. The Kier molecular flexibility index (Phi) is 10.4. The molecule has 1 N–H and O–H groups in total. The summed E-state index contributed by atoms with van der Waals surface area (Å²) >= 11 is 6.15. The highest BCUT2D eigenvalue weighted by atomic mass is 35.5. The van der Waals surface area contributed by atoms with Gasteiger partial charge in [-0.15, -0.1) is 5.06 Å². The number of methoxy groups -OCH3 is 2. The molecule has 234 valence electrons. The highest BCUT2D eigenvalue weighted by Gasteiger charge is 2.33. The maximum Gasteiger partial charge on any atom is 0.447 e. The monoisotopic (exact) mass is 624 g/mol. The van der Waals surface area contributed by atoms with Crippen molar-refractivity contribution in [3.63, 3.8) is 0 Å². The highest BCUT2D eigenvalue weighted by molar-refractivity contribution is 6.30. The number of hydrogen-bond acceptors (Lipinski definition) is 8. The maximum absolute atomic E-state index is 13.4. The van der Waals surface area contributed by atoms with Crippen molar-refractivity contribution in [3.8, 4) is 5.75 Å². The normalized spacial score (nSPS) is 14.9. The Morgan fingerprint density at radius 3 is 2.39 bits per heavy atom. The summed E-state index contributed by atoms with van der Waals surface area (Å²) in [5, 5.41) is 12.5. The molecule has 0 radical (unpaired) electrons. The number of anilines is 1. The van der Waals surface area contributed by atoms with E-state index in [0.717, 1.165) is 16.2 Å². The fourth-order valence-electron chi connectivity index (χ4n) is 5.00. The molecule has 0 saturated carbocycles. The Labute approximate surface area is 262 Å². The lowest BCUT2D eigenvalue weighted by Gasteiger charge is -2.37. The van der Waals surface area contributed by atoms with Crippen LogP contribution in [0.15, 0.2) is 66.7 Å². The molecule has 44 heavy (non-hydrogen) atoms. The molecule has 11 heteroatoms. The number of carbonyl (C=O) groups excluding carboxylic acids is 3. The van der Waals surface area contributed by atoms with E-state index < -0.39 is 29.9 Å². The van der Waals surface area contributed by atoms with Crippen LogP contribution in [-0.2, 0) is 27.1 Å². The number of aryl methyl sites for hydroxylation is 1. The van der Waals surface area contributed by atoms with Gasteiger partial charge >= 0.3 is 18.2 Å². The van der Waals surface area contributed by atoms with Crippen LogP contribution >= 0.6 is 11.6 Å². The lowest BCUT2D eigenvalue weighted by molar-refractivity contribution is 0.00193. The van der Waals surface area contributed by atoms with Crippen molar-refractivity contribution in [2.24, 2.45) is 0 Å². The zero-order valence-electron chi connectivity index (χ0n) is 25.4. The molecule has 1 aliphatic carbocycles. The molecule has 0 aliphatic heterocycles. The first kappa shape index (κ1) is 32.6. The number of nitrogens with zero attached hydrogens (tertiary/aromatic N) is 2. The van der Waals surface area contributed by atoms with Crippen molar-refractivity contribution < 1.29 is 38.5 Å². The number of rotatable bonds is 8. The number of carbonyl (C=O) groups is 3. The molecule has 10 nitrogen and oxygen atoms in total. The zero-order chi connectivity index (χ0) is 32.0. The first-order valence-electron chi connectivity index (χ1n) is 14.2. The van der Waals surface area contributed by atoms with Gasteiger partial charge in [-0.05, 0) is 99.2 Å². The molecule has 0 unspecified atom stereocenters. The average Bonchev–Trinajstić information content (AvgIpc) is 3.00. The minimum atomic E-state index is -0.980. The summed E-state index contributed by atoms with van der Waals surface area (Å²) in [5.74, 6) is -0.215. The standard InChI is InChI=1S/C33H37ClN2O8/c1-33(2,3)43-31(39)35(20-29(37)22-8-6-10-25(34)16-22)26-14-12-21-13-15-28(19-24(21)18-26)44-36(32(40)42-5)27-11-7-9-23(17-27)30(38)41-4/h6-11,13,15-17,19,26,29,37H,12,14,18,20H2,1-5H3/t26-,29-/m0/s1. The van der Waals surface area contributed by atoms with Gasteiger partial charge < -0.3 is 29.1 Å². The van der Waals surface area contributed by atoms with E-state index in [9.17, 15) is 19.5 Å². The van der Waals surface area contributed by atoms with Gasteiger partial charge in [-0.25, -0.2) is 14.4 Å². The van der Waals surface area contributed by atoms with Gasteiger partial charge in [0, 0.05) is 11.1 Å². The number of fused-ring (bicyclic) bond motifs is 1. The molecule has 0 fully saturated rings. The van der Waals surface area contributed by atoms with Crippen LogP contribution in [0.5, 0.6) is 5.75 Å². The molecule has 3 aromatic carbocycles. The lowest BCUT2D eigenvalue weighted by Crippen LogP contribution is -2.47. The van der Waals surface area contributed by atoms with E-state index in [2.05, 4.69) is 0 Å². The number of hydroxylamine groups is 1. The second-order valence-electron chi connectivity index (χ2n) is 11.4. The maximum atomic E-state index is 13.4. The quantitative estimate of drug-likeness (QED) is 0.171. The molecule has 3 aromatic rings. The van der Waals surface area contributed by atoms with Crippen molar-refractivity contribution >= 4 is 35.4 Å². The first-order valence-corrected chi connectivity index (χ1v) is 14.6. The number of esters is 1. The van der Waals surface area contributed by atoms with Gasteiger partial charge in [-0.1, -0.05) is 35.9 Å². The van der Waals surface area contributed by atoms with E-state index in [1.165, 1.54) is 20.3 Å². The third kappa shape index (κ3) is 8.21. The molecule has 0 bridgehead atoms. The Balaban J connectivity index is 1.59. The fourth-order valence-corrected chi connectivity index (χ4v) is 5.20. The van der Waals surface area contributed by atoms with Crippen LogP contribution in [0.25, 0.3) is 0 Å². The first-order chi connectivity index (χ1) is 20.9. The molecule has 0 spiro atoms. The molecule has 1 aliphatic rings. The van der Waals surface area contributed by atoms with E-state index >= 15 is 0 Å². The van der Waals surface area contributed by atoms with Gasteiger partial charge in [-0.3, -0.25) is 0 Å². The van der Waals surface area contributed by atoms with Gasteiger partial charge in [0.25, 0.3) is 0 Å². The van der Waals surface area contributed by atoms with Crippen molar-refractivity contribution in [1.82, 2.24) is 4.90 Å². The number of halogens is 1. The summed E-state index contributed by atoms with van der Waals surface area (Å²) in [4.78, 5) is 45.7. The van der Waals surface area contributed by atoms with Crippen LogP contribution in [0.4, 0.5) is 15.3 Å². The summed E-state index contributed by atoms with van der Waals surface area (Å²) in [6.45, 7) is 5.40. The average molecular weight is 625 g/mol. The van der Waals surface area contributed by atoms with Crippen LogP contribution in [-0.4, -0.2) is 60.6 Å². The minimum absolute atomic E-state index is 0.0120. The largest absolute Gasteiger partial charge is 0.465 e. The summed E-state index contributed by atoms with van der Waals surface area (Å²) in [6, 6.07) is 18.3. The predicted octanol–water partition coefficient (Wildman–Crippen LogP) is 6.52. The van der Waals surface area contributed by atoms with E-state index in [0.29, 0.717) is 35.6 Å². The summed E-state index contributed by atoms with van der Waals surface area (Å²) in [5.41, 5.74) is 2.35. The molecule has 4 rings (SSSR count). The second-order valence-corrected chi connectivity index (χ2v) is 11.9. The third-order valence-electron chi connectivity index (χ3n) is 7.09. The molecule has 0 heterocycles. The summed E-state index contributed by atoms with van der Waals surface area (Å²) in [7, 11) is 2.50. The number of hydrogen-bond donors (Lipinski definition) is 1. The van der Waals surface area contributed by atoms with E-state index in [1.807, 2.05) is 12.1 Å². The number of ether oxygens (including phenoxy) is 3. The molecular weight excluding hydrogens is 588 g/mol. The topological polar surface area (TPSA) is 115 Å². The highest BCUT2D eigenvalue weighted by Crippen LogP contribution is 2.31. The summed E-state index contributed by atoms with van der Waals surface area (Å²) in [6.07, 6.45) is -0.510. The van der Waals surface area contributed by atoms with Crippen molar-refractivity contribution in [1.29, 1.82) is 0 Å². The smallest absolute Gasteiger partial charge is 0.447 e. The van der Waals surface area contributed by atoms with Crippen LogP contribution < -0.4 is 9.90 Å². The molecule has 0 aromatic heterocycles. The predicted molar refractivity (Wildman–Crippen MR) is 165 cm³/mol. The Bertz CT molecular complexity index is 1510. The minimum Gasteiger partial charge on any atom is -0.465 e. The molecule has 2 atom stereocenters. The lowest BCUT2D eigenvalue weighted by atomic mass is 9.87. The fraction of sp³-hybridized carbons (Fsp3) is 0.364. The van der Waals surface area contributed by atoms with Gasteiger partial charge in [0.15, 0.2) is 5.75 Å². The van der Waals surface area contributed by atoms with Crippen molar-refractivity contribution in [2.75, 3.05) is 25.8 Å². The Hall–Kier alpha value is -4.28. The van der Waals surface area contributed by atoms with Crippen molar-refractivity contribution in [2.45, 2.75) is 57.8 Å². The molecule has 0 saturated heterocycles. The van der Waals surface area contributed by atoms with E-state index in [4.69, 9.17) is 30.6 Å². The van der Waals surface area contributed by atoms with Gasteiger partial charge in [-0.2, -0.15) is 0 Å². The Morgan fingerprint density at radius 1 is 0.955 bits per heavy atom. The van der Waals surface area contributed by atoms with E-state index in [1.54, 1.807) is 74.2 Å². The van der Waals surface area contributed by atoms with Gasteiger partial charge in [0.2, 0.25) is 0 Å². The van der Waals surface area contributed by atoms with Gasteiger partial charge in [0.05, 0.1) is 38.1 Å². The SMILES string of the molecule is COC(=O)c1cccc(N(Oc2ccc3c(c2)C[C@@H](N(C[C@H](O)c2cccc(Cl)c2)C(=O)OC(C)(C)C)CC3)C(=O)OC)c1. The molecule has 2 amide bonds. The number of aliphatic hydroxyl groups excluding tert-OH is 1. The van der Waals surface area contributed by atoms with Crippen LogP contribution in [0.2, 0.25) is 5.02 Å². The van der Waals surface area contributed by atoms with Crippen LogP contribution in [0.3, 0.4) is 0 Å². The second kappa shape index (κ2) is 14.0. The molecular formula is C33H37ClN2O8. The van der Waals surface area contributed by atoms with Crippen LogP contribution in [0.1, 0.15) is 60.3 Å². The number of benzene rings is 3. The van der Waals surface area contributed by atoms with Gasteiger partial charge in [0.1, 0.15) is 5.60 Å². The van der Waals surface area contributed by atoms with E-state index in [-0.39, 0.29) is 23.8 Å². The van der Waals surface area contributed by atoms with Crippen molar-refractivity contribution in [3.05, 3.63) is 94.0 Å². The summed E-state index contributed by atoms with van der Waals surface area (Å²) < 4.78 is 15.5. The van der Waals surface area contributed by atoms with Crippen LogP contribution in [0, 0.1) is 0 Å². The zero-order valence-corrected chi connectivity index (χ0v) is 26.2. The Morgan fingerprint density at radius 2 is 1.70 bits per heavy atom.